The van der Waals surface area contributed by atoms with Crippen molar-refractivity contribution in [1.82, 2.24) is 9.30 Å². The van der Waals surface area contributed by atoms with E-state index < -0.39 is 6.09 Å². The van der Waals surface area contributed by atoms with Gasteiger partial charge in [0.1, 0.15) is 0 Å². The van der Waals surface area contributed by atoms with Gasteiger partial charge in [0.25, 0.3) is 0 Å². The maximum Gasteiger partial charge on any atom is 0.442 e. The van der Waals surface area contributed by atoms with Crippen LogP contribution in [0.3, 0.4) is 0 Å². The molecule has 2 aromatic heterocycles. The summed E-state index contributed by atoms with van der Waals surface area (Å²) >= 11 is 0. The van der Waals surface area contributed by atoms with Crippen LogP contribution in [0.5, 0.6) is 0 Å². The van der Waals surface area contributed by atoms with Crippen molar-refractivity contribution in [2.24, 2.45) is 0 Å². The van der Waals surface area contributed by atoms with Crippen molar-refractivity contribution in [1.29, 1.82) is 0 Å². The molecule has 4 heteroatoms. The standard InChI is InChI=1S/C11H12N2O2/c1-9-5-3-7-12(9)11(14)15-13-8-4-6-10(13)2/h3-8H,1-2H3. The minimum absolute atomic E-state index is 0.406. The van der Waals surface area contributed by atoms with Crippen molar-refractivity contribution < 1.29 is 9.63 Å². The van der Waals surface area contributed by atoms with E-state index in [0.717, 1.165) is 11.4 Å². The molecule has 78 valence electrons. The lowest BCUT2D eigenvalue weighted by atomic mass is 10.5. The Labute approximate surface area is 87.7 Å². The van der Waals surface area contributed by atoms with Crippen LogP contribution < -0.4 is 4.84 Å². The molecule has 0 fully saturated rings. The number of rotatable bonds is 1. The molecule has 0 atom stereocenters. The zero-order valence-corrected chi connectivity index (χ0v) is 8.68. The number of nitrogens with zero attached hydrogens (tertiary/aromatic N) is 2. The molecule has 4 nitrogen and oxygen atoms in total. The highest BCUT2D eigenvalue weighted by Crippen LogP contribution is 2.02. The lowest BCUT2D eigenvalue weighted by Crippen LogP contribution is -2.25. The van der Waals surface area contributed by atoms with E-state index in [0.29, 0.717) is 0 Å². The van der Waals surface area contributed by atoms with Gasteiger partial charge in [0.05, 0.1) is 5.69 Å². The van der Waals surface area contributed by atoms with Gasteiger partial charge in [0.15, 0.2) is 0 Å². The van der Waals surface area contributed by atoms with E-state index in [9.17, 15) is 4.79 Å². The van der Waals surface area contributed by atoms with Crippen LogP contribution in [0.2, 0.25) is 0 Å². The number of hydrogen-bond acceptors (Lipinski definition) is 2. The number of aryl methyl sites for hydroxylation is 2. The Bertz CT molecular complexity index is 482. The second-order valence-corrected chi connectivity index (χ2v) is 3.35. The molecule has 0 N–H and O–H groups in total. The molecule has 2 aromatic rings. The monoisotopic (exact) mass is 204 g/mol. The van der Waals surface area contributed by atoms with E-state index >= 15 is 0 Å². The van der Waals surface area contributed by atoms with Crippen molar-refractivity contribution in [3.05, 3.63) is 48.0 Å². The third-order valence-corrected chi connectivity index (χ3v) is 2.23. The molecule has 15 heavy (non-hydrogen) atoms. The van der Waals surface area contributed by atoms with Crippen molar-refractivity contribution >= 4 is 6.09 Å². The average Bonchev–Trinajstić information content (AvgIpc) is 2.76. The third kappa shape index (κ3) is 1.79. The zero-order chi connectivity index (χ0) is 10.8. The third-order valence-electron chi connectivity index (χ3n) is 2.23. The molecule has 2 heterocycles. The van der Waals surface area contributed by atoms with E-state index in [-0.39, 0.29) is 0 Å². The first-order chi connectivity index (χ1) is 7.18. The van der Waals surface area contributed by atoms with Crippen LogP contribution in [0.25, 0.3) is 0 Å². The van der Waals surface area contributed by atoms with Gasteiger partial charge in [-0.2, -0.15) is 4.73 Å². The summed E-state index contributed by atoms with van der Waals surface area (Å²) in [6, 6.07) is 7.35. The maximum atomic E-state index is 11.7. The largest absolute Gasteiger partial charge is 0.442 e. The summed E-state index contributed by atoms with van der Waals surface area (Å²) in [6.07, 6.45) is 2.97. The quantitative estimate of drug-likeness (QED) is 0.712. The Morgan fingerprint density at radius 1 is 1.13 bits per heavy atom. The van der Waals surface area contributed by atoms with Crippen molar-refractivity contribution in [2.75, 3.05) is 0 Å². The van der Waals surface area contributed by atoms with Crippen LogP contribution in [0, 0.1) is 13.8 Å². The number of hydrogen-bond donors (Lipinski definition) is 0. The second kappa shape index (κ2) is 3.65. The smallest absolute Gasteiger partial charge is 0.317 e. The summed E-state index contributed by atoms with van der Waals surface area (Å²) in [6.45, 7) is 3.72. The molecule has 0 aliphatic carbocycles. The minimum Gasteiger partial charge on any atom is -0.317 e. The molecule has 0 amide bonds. The van der Waals surface area contributed by atoms with Crippen molar-refractivity contribution in [2.45, 2.75) is 13.8 Å². The van der Waals surface area contributed by atoms with E-state index in [2.05, 4.69) is 0 Å². The highest BCUT2D eigenvalue weighted by Gasteiger charge is 2.09. The van der Waals surface area contributed by atoms with E-state index in [1.165, 1.54) is 9.30 Å². The predicted molar refractivity (Wildman–Crippen MR) is 55.7 cm³/mol. The number of carbonyl (C=O) groups excluding carboxylic acids is 1. The van der Waals surface area contributed by atoms with Gasteiger partial charge < -0.3 is 4.84 Å². The Kier molecular flexibility index (Phi) is 2.33. The molecule has 0 aliphatic heterocycles. The molecule has 0 aromatic carbocycles. The molecule has 0 unspecified atom stereocenters. The molecule has 0 saturated heterocycles. The van der Waals surface area contributed by atoms with Gasteiger partial charge in [-0.15, -0.1) is 0 Å². The van der Waals surface area contributed by atoms with Gasteiger partial charge >= 0.3 is 6.09 Å². The van der Waals surface area contributed by atoms with E-state index in [4.69, 9.17) is 4.84 Å². The molecular weight excluding hydrogens is 192 g/mol. The van der Waals surface area contributed by atoms with Crippen molar-refractivity contribution in [3.8, 4) is 0 Å². The molecule has 0 saturated carbocycles. The highest BCUT2D eigenvalue weighted by molar-refractivity contribution is 5.71. The number of aromatic nitrogens is 2. The first-order valence-electron chi connectivity index (χ1n) is 4.69. The molecule has 0 radical (unpaired) electrons. The molecule has 0 bridgehead atoms. The van der Waals surface area contributed by atoms with Gasteiger partial charge in [0.2, 0.25) is 0 Å². The predicted octanol–water partition coefficient (Wildman–Crippen LogP) is 2.00. The Hall–Kier alpha value is -1.97. The lowest BCUT2D eigenvalue weighted by Gasteiger charge is -2.07. The fraction of sp³-hybridized carbons (Fsp3) is 0.182. The van der Waals surface area contributed by atoms with Crippen LogP contribution in [0.15, 0.2) is 36.7 Å². The SMILES string of the molecule is Cc1cccn1OC(=O)n1cccc1C. The van der Waals surface area contributed by atoms with Crippen LogP contribution in [-0.2, 0) is 0 Å². The minimum atomic E-state index is -0.406. The Morgan fingerprint density at radius 3 is 2.33 bits per heavy atom. The summed E-state index contributed by atoms with van der Waals surface area (Å²) in [7, 11) is 0. The molecule has 2 rings (SSSR count). The van der Waals surface area contributed by atoms with Crippen LogP contribution in [0.4, 0.5) is 4.79 Å². The first-order valence-corrected chi connectivity index (χ1v) is 4.69. The van der Waals surface area contributed by atoms with Crippen LogP contribution in [-0.4, -0.2) is 15.4 Å². The maximum absolute atomic E-state index is 11.7. The molecule has 0 spiro atoms. The van der Waals surface area contributed by atoms with Crippen LogP contribution in [0.1, 0.15) is 11.4 Å². The second-order valence-electron chi connectivity index (χ2n) is 3.35. The first kappa shape index (κ1) is 9.58. The fourth-order valence-electron chi connectivity index (χ4n) is 1.35. The summed E-state index contributed by atoms with van der Waals surface area (Å²) in [5, 5.41) is 0. The topological polar surface area (TPSA) is 36.2 Å². The van der Waals surface area contributed by atoms with Gasteiger partial charge in [-0.25, -0.2) is 4.79 Å². The lowest BCUT2D eigenvalue weighted by molar-refractivity contribution is 0.132. The number of carbonyl (C=O) groups is 1. The van der Waals surface area contributed by atoms with Gasteiger partial charge in [-0.3, -0.25) is 4.57 Å². The van der Waals surface area contributed by atoms with Gasteiger partial charge in [-0.05, 0) is 38.1 Å². The summed E-state index contributed by atoms with van der Waals surface area (Å²) in [5.41, 5.74) is 1.73. The Morgan fingerprint density at radius 2 is 1.80 bits per heavy atom. The average molecular weight is 204 g/mol. The van der Waals surface area contributed by atoms with Gasteiger partial charge in [-0.1, -0.05) is 0 Å². The van der Waals surface area contributed by atoms with E-state index in [1.54, 1.807) is 18.5 Å². The summed E-state index contributed by atoms with van der Waals surface area (Å²) in [5.74, 6) is 0. The highest BCUT2D eigenvalue weighted by atomic mass is 16.7. The zero-order valence-electron chi connectivity index (χ0n) is 8.68. The molecular formula is C11H12N2O2. The van der Waals surface area contributed by atoms with Crippen molar-refractivity contribution in [3.63, 3.8) is 0 Å². The summed E-state index contributed by atoms with van der Waals surface area (Å²) in [4.78, 5) is 16.8. The van der Waals surface area contributed by atoms with Crippen LogP contribution >= 0.6 is 0 Å². The van der Waals surface area contributed by atoms with E-state index in [1.807, 2.05) is 32.0 Å². The normalized spacial score (nSPS) is 10.3. The molecule has 0 aliphatic rings. The fourth-order valence-corrected chi connectivity index (χ4v) is 1.35. The van der Waals surface area contributed by atoms with Gasteiger partial charge in [0, 0.05) is 18.1 Å². The summed E-state index contributed by atoms with van der Waals surface area (Å²) < 4.78 is 2.90. The Balaban J connectivity index is 2.18.